The van der Waals surface area contributed by atoms with Crippen LogP contribution in [0.25, 0.3) is 0 Å². The van der Waals surface area contributed by atoms with Crippen molar-refractivity contribution in [1.82, 2.24) is 0 Å². The minimum atomic E-state index is 0.0452. The molecule has 0 radical (unpaired) electrons. The highest BCUT2D eigenvalue weighted by molar-refractivity contribution is 5.49. The Morgan fingerprint density at radius 2 is 0.711 bits per heavy atom. The smallest absolute Gasteiger partial charge is 0.160 e. The molecular formula is C36H66O2. The van der Waals surface area contributed by atoms with E-state index in [4.69, 9.17) is 0 Å². The van der Waals surface area contributed by atoms with Crippen LogP contribution < -0.4 is 0 Å². The third kappa shape index (κ3) is 19.0. The van der Waals surface area contributed by atoms with Gasteiger partial charge in [-0.05, 0) is 37.3 Å². The second-order valence-electron chi connectivity index (χ2n) is 12.1. The number of phenolic OH excluding ortho intramolecular Hbond substituents is 2. The highest BCUT2D eigenvalue weighted by atomic mass is 16.3. The van der Waals surface area contributed by atoms with Gasteiger partial charge in [0.15, 0.2) is 11.5 Å². The van der Waals surface area contributed by atoms with Crippen LogP contribution in [0.4, 0.5) is 0 Å². The van der Waals surface area contributed by atoms with E-state index in [1.807, 2.05) is 6.07 Å². The number of hydrogen-bond acceptors (Lipinski definition) is 2. The van der Waals surface area contributed by atoms with Crippen molar-refractivity contribution in [3.63, 3.8) is 0 Å². The summed E-state index contributed by atoms with van der Waals surface area (Å²) in [6, 6.07) is 3.73. The monoisotopic (exact) mass is 531 g/mol. The van der Waals surface area contributed by atoms with Gasteiger partial charge in [-0.25, -0.2) is 0 Å². The van der Waals surface area contributed by atoms with E-state index >= 15 is 0 Å². The highest BCUT2D eigenvalue weighted by Crippen LogP contribution is 2.33. The van der Waals surface area contributed by atoms with E-state index in [1.54, 1.807) is 6.07 Å². The molecule has 222 valence electrons. The van der Waals surface area contributed by atoms with Gasteiger partial charge in [-0.15, -0.1) is 0 Å². The largest absolute Gasteiger partial charge is 0.504 e. The molecule has 2 heteroatoms. The number of unbranched alkanes of at least 4 members (excludes halogenated alkanes) is 24. The third-order valence-corrected chi connectivity index (χ3v) is 8.44. The summed E-state index contributed by atoms with van der Waals surface area (Å²) < 4.78 is 0. The number of benzene rings is 1. The lowest BCUT2D eigenvalue weighted by Crippen LogP contribution is -1.97. The molecule has 0 atom stereocenters. The van der Waals surface area contributed by atoms with E-state index in [9.17, 15) is 10.2 Å². The standard InChI is InChI=1S/C36H66O2/c1-3-5-7-9-11-13-15-17-19-21-23-25-27-29-33-31-32-35(37)36(38)34(33)30-28-26-24-22-20-18-16-14-12-10-8-6-4-2/h31-32,37-38H,3-30H2,1-2H3. The minimum absolute atomic E-state index is 0.0452. The fraction of sp³-hybridized carbons (Fsp3) is 0.833. The zero-order valence-corrected chi connectivity index (χ0v) is 25.8. The fourth-order valence-corrected chi connectivity index (χ4v) is 5.83. The molecule has 38 heavy (non-hydrogen) atoms. The van der Waals surface area contributed by atoms with Gasteiger partial charge in [0.25, 0.3) is 0 Å². The maximum absolute atomic E-state index is 10.5. The zero-order valence-electron chi connectivity index (χ0n) is 25.8. The van der Waals surface area contributed by atoms with E-state index in [1.165, 1.54) is 166 Å². The Bertz CT molecular complexity index is 638. The van der Waals surface area contributed by atoms with Gasteiger partial charge in [0.1, 0.15) is 0 Å². The predicted molar refractivity (Wildman–Crippen MR) is 169 cm³/mol. The number of phenols is 2. The van der Waals surface area contributed by atoms with Crippen molar-refractivity contribution in [2.45, 2.75) is 194 Å². The Balaban J connectivity index is 2.09. The summed E-state index contributed by atoms with van der Waals surface area (Å²) >= 11 is 0. The molecule has 0 fully saturated rings. The van der Waals surface area contributed by atoms with Gasteiger partial charge in [-0.3, -0.25) is 0 Å². The van der Waals surface area contributed by atoms with E-state index in [2.05, 4.69) is 13.8 Å². The maximum Gasteiger partial charge on any atom is 0.160 e. The van der Waals surface area contributed by atoms with Crippen LogP contribution in [0.3, 0.4) is 0 Å². The Hall–Kier alpha value is -1.18. The van der Waals surface area contributed by atoms with Gasteiger partial charge in [0.05, 0.1) is 0 Å². The molecule has 0 aliphatic heterocycles. The maximum atomic E-state index is 10.5. The molecule has 2 nitrogen and oxygen atoms in total. The molecule has 0 heterocycles. The van der Waals surface area contributed by atoms with Crippen molar-refractivity contribution >= 4 is 0 Å². The van der Waals surface area contributed by atoms with Crippen LogP contribution in [-0.2, 0) is 12.8 Å². The van der Waals surface area contributed by atoms with Crippen molar-refractivity contribution in [3.8, 4) is 11.5 Å². The molecular weight excluding hydrogens is 464 g/mol. The zero-order chi connectivity index (χ0) is 27.5. The van der Waals surface area contributed by atoms with Crippen LogP contribution in [0, 0.1) is 0 Å². The number of hydrogen-bond donors (Lipinski definition) is 2. The van der Waals surface area contributed by atoms with E-state index < -0.39 is 0 Å². The van der Waals surface area contributed by atoms with Gasteiger partial charge >= 0.3 is 0 Å². The summed E-state index contributed by atoms with van der Waals surface area (Å²) in [5, 5.41) is 20.6. The molecule has 0 aliphatic rings. The second-order valence-corrected chi connectivity index (χ2v) is 12.1. The van der Waals surface area contributed by atoms with Crippen LogP contribution in [0.1, 0.15) is 192 Å². The first kappa shape index (κ1) is 34.8. The molecule has 1 aromatic rings. The first-order valence-corrected chi connectivity index (χ1v) is 17.2. The van der Waals surface area contributed by atoms with Crippen LogP contribution in [0.15, 0.2) is 12.1 Å². The number of aromatic hydroxyl groups is 2. The molecule has 0 bridgehead atoms. The lowest BCUT2D eigenvalue weighted by Gasteiger charge is -2.13. The van der Waals surface area contributed by atoms with Gasteiger partial charge in [-0.2, -0.15) is 0 Å². The Kier molecular flexibility index (Phi) is 23.9. The van der Waals surface area contributed by atoms with Crippen molar-refractivity contribution in [1.29, 1.82) is 0 Å². The van der Waals surface area contributed by atoms with Crippen molar-refractivity contribution in [3.05, 3.63) is 23.3 Å². The molecule has 0 unspecified atom stereocenters. The average Bonchev–Trinajstić information content (AvgIpc) is 2.92. The second kappa shape index (κ2) is 26.1. The van der Waals surface area contributed by atoms with Crippen LogP contribution in [0.5, 0.6) is 11.5 Å². The van der Waals surface area contributed by atoms with E-state index in [0.717, 1.165) is 24.8 Å². The van der Waals surface area contributed by atoms with Crippen molar-refractivity contribution in [2.24, 2.45) is 0 Å². The van der Waals surface area contributed by atoms with Gasteiger partial charge in [0, 0.05) is 5.56 Å². The van der Waals surface area contributed by atoms with E-state index in [0.29, 0.717) is 0 Å². The molecule has 1 rings (SSSR count). The molecule has 0 amide bonds. The average molecular weight is 531 g/mol. The van der Waals surface area contributed by atoms with Gasteiger partial charge in [0.2, 0.25) is 0 Å². The molecule has 0 aliphatic carbocycles. The summed E-state index contributed by atoms with van der Waals surface area (Å²) in [7, 11) is 0. The van der Waals surface area contributed by atoms with Crippen LogP contribution in [0.2, 0.25) is 0 Å². The Morgan fingerprint density at radius 3 is 1.08 bits per heavy atom. The first-order valence-electron chi connectivity index (χ1n) is 17.2. The Labute approximate surface area is 238 Å². The lowest BCUT2D eigenvalue weighted by molar-refractivity contribution is 0.397. The fourth-order valence-electron chi connectivity index (χ4n) is 5.83. The summed E-state index contributed by atoms with van der Waals surface area (Å²) in [4.78, 5) is 0. The normalized spacial score (nSPS) is 11.4. The quantitative estimate of drug-likeness (QED) is 0.0835. The molecule has 0 spiro atoms. The highest BCUT2D eigenvalue weighted by Gasteiger charge is 2.12. The predicted octanol–water partition coefficient (Wildman–Crippen LogP) is 12.4. The molecule has 0 saturated heterocycles. The van der Waals surface area contributed by atoms with Gasteiger partial charge < -0.3 is 10.2 Å². The third-order valence-electron chi connectivity index (χ3n) is 8.44. The van der Waals surface area contributed by atoms with Crippen LogP contribution >= 0.6 is 0 Å². The summed E-state index contributed by atoms with van der Waals surface area (Å²) in [6.07, 6.45) is 37.3. The van der Waals surface area contributed by atoms with Crippen LogP contribution in [-0.4, -0.2) is 10.2 Å². The lowest BCUT2D eigenvalue weighted by atomic mass is 9.95. The summed E-state index contributed by atoms with van der Waals surface area (Å²) in [5.41, 5.74) is 2.26. The minimum Gasteiger partial charge on any atom is -0.504 e. The summed E-state index contributed by atoms with van der Waals surface area (Å²) in [6.45, 7) is 4.57. The SMILES string of the molecule is CCCCCCCCCCCCCCCc1ccc(O)c(O)c1CCCCCCCCCCCCCCC. The number of rotatable bonds is 28. The Morgan fingerprint density at radius 1 is 0.395 bits per heavy atom. The number of aryl methyl sites for hydroxylation is 1. The molecule has 0 saturated carbocycles. The van der Waals surface area contributed by atoms with E-state index in [-0.39, 0.29) is 11.5 Å². The molecule has 0 aromatic heterocycles. The topological polar surface area (TPSA) is 40.5 Å². The first-order chi connectivity index (χ1) is 18.7. The molecule has 1 aromatic carbocycles. The van der Waals surface area contributed by atoms with Crippen molar-refractivity contribution in [2.75, 3.05) is 0 Å². The van der Waals surface area contributed by atoms with Gasteiger partial charge in [-0.1, -0.05) is 174 Å². The summed E-state index contributed by atoms with van der Waals surface area (Å²) in [5.74, 6) is 0.180. The molecule has 2 N–H and O–H groups in total. The van der Waals surface area contributed by atoms with Crippen molar-refractivity contribution < 1.29 is 10.2 Å².